The number of halogens is 2. The van der Waals surface area contributed by atoms with E-state index in [1.165, 1.54) is 0 Å². The predicted molar refractivity (Wildman–Crippen MR) is 47.7 cm³/mol. The summed E-state index contributed by atoms with van der Waals surface area (Å²) in [4.78, 5) is 10.3. The molecule has 2 N–H and O–H groups in total. The molecule has 0 bridgehead atoms. The highest BCUT2D eigenvalue weighted by molar-refractivity contribution is 5.73. The van der Waals surface area contributed by atoms with E-state index in [0.29, 0.717) is 12.8 Å². The van der Waals surface area contributed by atoms with Crippen molar-refractivity contribution in [3.63, 3.8) is 0 Å². The molecular formula is C9H17F2NO. The maximum absolute atomic E-state index is 12.8. The molecule has 1 amide bonds. The Hall–Kier alpha value is -0.670. The van der Waals surface area contributed by atoms with Crippen molar-refractivity contribution >= 4 is 5.91 Å². The van der Waals surface area contributed by atoms with Crippen molar-refractivity contribution in [3.8, 4) is 0 Å². The molecule has 4 heteroatoms. The van der Waals surface area contributed by atoms with Gasteiger partial charge in [-0.05, 0) is 25.7 Å². The summed E-state index contributed by atoms with van der Waals surface area (Å²) in [6.45, 7) is 1.61. The van der Waals surface area contributed by atoms with Gasteiger partial charge in [-0.15, -0.1) is 0 Å². The Bertz CT molecular complexity index is 153. The summed E-state index contributed by atoms with van der Waals surface area (Å²) < 4.78 is 25.5. The second kappa shape index (κ2) is 6.80. The smallest absolute Gasteiger partial charge is 0.217 e. The predicted octanol–water partition coefficient (Wildman–Crippen LogP) is 2.12. The van der Waals surface area contributed by atoms with Crippen LogP contribution in [0.15, 0.2) is 0 Å². The van der Waals surface area contributed by atoms with Crippen molar-refractivity contribution in [2.24, 2.45) is 5.73 Å². The quantitative estimate of drug-likeness (QED) is 0.618. The van der Waals surface area contributed by atoms with Crippen LogP contribution in [0.4, 0.5) is 8.78 Å². The minimum absolute atomic E-state index is 0.183. The molecule has 2 atom stereocenters. The van der Waals surface area contributed by atoms with Crippen LogP contribution < -0.4 is 5.73 Å². The van der Waals surface area contributed by atoms with Gasteiger partial charge < -0.3 is 5.73 Å². The van der Waals surface area contributed by atoms with E-state index in [1.54, 1.807) is 6.92 Å². The van der Waals surface area contributed by atoms with Crippen LogP contribution in [0.25, 0.3) is 0 Å². The second-order valence-electron chi connectivity index (χ2n) is 3.15. The van der Waals surface area contributed by atoms with Gasteiger partial charge in [-0.1, -0.05) is 6.92 Å². The topological polar surface area (TPSA) is 43.1 Å². The largest absolute Gasteiger partial charge is 0.370 e. The fraction of sp³-hybridized carbons (Fsp3) is 0.889. The van der Waals surface area contributed by atoms with Gasteiger partial charge in [0, 0.05) is 6.42 Å². The van der Waals surface area contributed by atoms with E-state index >= 15 is 0 Å². The van der Waals surface area contributed by atoms with Gasteiger partial charge in [-0.3, -0.25) is 4.79 Å². The van der Waals surface area contributed by atoms with Crippen LogP contribution >= 0.6 is 0 Å². The van der Waals surface area contributed by atoms with E-state index < -0.39 is 12.3 Å². The Labute approximate surface area is 77.5 Å². The minimum Gasteiger partial charge on any atom is -0.370 e. The number of amides is 1. The Kier molecular flexibility index (Phi) is 6.45. The molecule has 0 aliphatic carbocycles. The number of hydrogen-bond acceptors (Lipinski definition) is 1. The van der Waals surface area contributed by atoms with E-state index in [1.807, 2.05) is 0 Å². The van der Waals surface area contributed by atoms with Crippen LogP contribution in [0.1, 0.15) is 39.0 Å². The number of unbranched alkanes of at least 4 members (excludes halogenated alkanes) is 1. The molecule has 0 aromatic rings. The van der Waals surface area contributed by atoms with Crippen molar-refractivity contribution in [3.05, 3.63) is 0 Å². The van der Waals surface area contributed by atoms with Gasteiger partial charge in [0.05, 0.1) is 0 Å². The summed E-state index contributed by atoms with van der Waals surface area (Å²) in [5.74, 6) is -0.386. The zero-order valence-corrected chi connectivity index (χ0v) is 7.93. The average molecular weight is 193 g/mol. The number of carbonyl (C=O) groups excluding carboxylic acids is 1. The minimum atomic E-state index is -1.39. The van der Waals surface area contributed by atoms with Gasteiger partial charge in [-0.2, -0.15) is 0 Å². The van der Waals surface area contributed by atoms with Gasteiger partial charge in [-0.25, -0.2) is 8.78 Å². The summed E-state index contributed by atoms with van der Waals surface area (Å²) in [5, 5.41) is 0. The first-order valence-corrected chi connectivity index (χ1v) is 4.64. The monoisotopic (exact) mass is 193 g/mol. The van der Waals surface area contributed by atoms with Crippen molar-refractivity contribution in [2.75, 3.05) is 0 Å². The molecule has 2 unspecified atom stereocenters. The van der Waals surface area contributed by atoms with Gasteiger partial charge in [0.15, 0.2) is 0 Å². The summed E-state index contributed by atoms with van der Waals surface area (Å²) in [6, 6.07) is 0. The van der Waals surface area contributed by atoms with Crippen molar-refractivity contribution in [1.82, 2.24) is 0 Å². The summed E-state index contributed by atoms with van der Waals surface area (Å²) in [5.41, 5.74) is 4.89. The van der Waals surface area contributed by atoms with E-state index in [0.717, 1.165) is 0 Å². The molecule has 2 nitrogen and oxygen atoms in total. The molecule has 0 aromatic carbocycles. The molecule has 13 heavy (non-hydrogen) atoms. The zero-order valence-electron chi connectivity index (χ0n) is 7.93. The Morgan fingerprint density at radius 3 is 2.38 bits per heavy atom. The number of alkyl halides is 2. The lowest BCUT2D eigenvalue weighted by Crippen LogP contribution is -2.16. The number of carbonyl (C=O) groups is 1. The first kappa shape index (κ1) is 12.3. The maximum atomic E-state index is 12.8. The highest BCUT2D eigenvalue weighted by Gasteiger charge is 2.17. The summed E-state index contributed by atoms with van der Waals surface area (Å²) in [6.07, 6.45) is -1.04. The molecule has 0 spiro atoms. The number of hydrogen-bond donors (Lipinski definition) is 1. The molecule has 0 saturated carbocycles. The van der Waals surface area contributed by atoms with Crippen LogP contribution in [0, 0.1) is 0 Å². The van der Waals surface area contributed by atoms with E-state index in [-0.39, 0.29) is 25.2 Å². The molecule has 0 aliphatic rings. The first-order chi connectivity index (χ1) is 6.07. The van der Waals surface area contributed by atoms with Crippen LogP contribution in [-0.2, 0) is 4.79 Å². The highest BCUT2D eigenvalue weighted by atomic mass is 19.2. The van der Waals surface area contributed by atoms with Crippen LogP contribution in [0.2, 0.25) is 0 Å². The van der Waals surface area contributed by atoms with Gasteiger partial charge >= 0.3 is 0 Å². The average Bonchev–Trinajstić information content (AvgIpc) is 2.10. The third-order valence-corrected chi connectivity index (χ3v) is 1.94. The number of nitrogens with two attached hydrogens (primary N) is 1. The normalized spacial score (nSPS) is 15.3. The summed E-state index contributed by atoms with van der Waals surface area (Å²) >= 11 is 0. The van der Waals surface area contributed by atoms with E-state index in [2.05, 4.69) is 0 Å². The Balaban J connectivity index is 3.36. The van der Waals surface area contributed by atoms with Gasteiger partial charge in [0.25, 0.3) is 0 Å². The van der Waals surface area contributed by atoms with Crippen molar-refractivity contribution in [1.29, 1.82) is 0 Å². The number of primary amides is 1. The molecule has 0 aromatic heterocycles. The number of rotatable bonds is 7. The molecule has 0 aliphatic heterocycles. The molecule has 78 valence electrons. The summed E-state index contributed by atoms with van der Waals surface area (Å²) in [7, 11) is 0. The Morgan fingerprint density at radius 1 is 1.31 bits per heavy atom. The third-order valence-electron chi connectivity index (χ3n) is 1.94. The van der Waals surface area contributed by atoms with E-state index in [4.69, 9.17) is 5.73 Å². The van der Waals surface area contributed by atoms with Crippen LogP contribution in [0.3, 0.4) is 0 Å². The molecular weight excluding hydrogens is 176 g/mol. The van der Waals surface area contributed by atoms with Gasteiger partial charge in [0.1, 0.15) is 12.3 Å². The first-order valence-electron chi connectivity index (χ1n) is 4.64. The fourth-order valence-electron chi connectivity index (χ4n) is 1.08. The van der Waals surface area contributed by atoms with E-state index in [9.17, 15) is 13.6 Å². The Morgan fingerprint density at radius 2 is 1.92 bits per heavy atom. The van der Waals surface area contributed by atoms with Crippen LogP contribution in [-0.4, -0.2) is 18.3 Å². The van der Waals surface area contributed by atoms with Gasteiger partial charge in [0.2, 0.25) is 5.91 Å². The second-order valence-corrected chi connectivity index (χ2v) is 3.15. The van der Waals surface area contributed by atoms with Crippen molar-refractivity contribution in [2.45, 2.75) is 51.4 Å². The molecule has 0 rings (SSSR count). The lowest BCUT2D eigenvalue weighted by molar-refractivity contribution is -0.118. The standard InChI is InChI=1S/C9H17F2NO/c1-2-7(10)8(11)5-3-4-6-9(12)13/h7-8H,2-6H2,1H3,(H2,12,13). The molecule has 0 radical (unpaired) electrons. The fourth-order valence-corrected chi connectivity index (χ4v) is 1.08. The highest BCUT2D eigenvalue weighted by Crippen LogP contribution is 2.15. The molecule has 0 fully saturated rings. The zero-order chi connectivity index (χ0) is 10.3. The lowest BCUT2D eigenvalue weighted by atomic mass is 10.1. The van der Waals surface area contributed by atoms with Crippen LogP contribution in [0.5, 0.6) is 0 Å². The third kappa shape index (κ3) is 6.49. The lowest BCUT2D eigenvalue weighted by Gasteiger charge is -2.10. The molecule has 0 heterocycles. The SMILES string of the molecule is CCC(F)C(F)CCCCC(N)=O. The maximum Gasteiger partial charge on any atom is 0.217 e. The van der Waals surface area contributed by atoms with Crippen molar-refractivity contribution < 1.29 is 13.6 Å². The molecule has 0 saturated heterocycles.